The minimum Gasteiger partial charge on any atom is -0.396 e. The van der Waals surface area contributed by atoms with E-state index in [4.69, 9.17) is 5.11 Å². The maximum absolute atomic E-state index is 9.11. The monoisotopic (exact) mass is 194 g/mol. The summed E-state index contributed by atoms with van der Waals surface area (Å²) in [6, 6.07) is 0.449. The van der Waals surface area contributed by atoms with Crippen LogP contribution in [-0.4, -0.2) is 21.5 Å². The molecule has 1 atom stereocenters. The quantitative estimate of drug-likeness (QED) is 0.776. The lowest BCUT2D eigenvalue weighted by atomic mass is 9.88. The van der Waals surface area contributed by atoms with Gasteiger partial charge in [0.15, 0.2) is 0 Å². The van der Waals surface area contributed by atoms with E-state index >= 15 is 0 Å². The summed E-state index contributed by atoms with van der Waals surface area (Å²) < 4.78 is 2.11. The molecule has 1 N–H and O–H groups in total. The normalized spacial score (nSPS) is 21.3. The third-order valence-corrected chi connectivity index (χ3v) is 3.03. The van der Waals surface area contributed by atoms with Crippen LogP contribution in [0.1, 0.15) is 37.6 Å². The summed E-state index contributed by atoms with van der Waals surface area (Å²) in [5, 5.41) is 13.5. The Bertz CT molecular complexity index is 317. The van der Waals surface area contributed by atoms with Gasteiger partial charge in [-0.25, -0.2) is 0 Å². The van der Waals surface area contributed by atoms with Crippen molar-refractivity contribution in [1.82, 2.24) is 9.78 Å². The number of aliphatic hydroxyl groups excluding tert-OH is 1. The number of aromatic nitrogens is 2. The first-order valence-corrected chi connectivity index (χ1v) is 5.38. The van der Waals surface area contributed by atoms with Crippen LogP contribution in [-0.2, 0) is 12.8 Å². The van der Waals surface area contributed by atoms with Crippen molar-refractivity contribution in [2.45, 2.75) is 39.2 Å². The van der Waals surface area contributed by atoms with E-state index in [1.165, 1.54) is 11.3 Å². The zero-order chi connectivity index (χ0) is 10.1. The van der Waals surface area contributed by atoms with Gasteiger partial charge >= 0.3 is 0 Å². The third kappa shape index (κ3) is 1.57. The van der Waals surface area contributed by atoms with Crippen molar-refractivity contribution >= 4 is 0 Å². The van der Waals surface area contributed by atoms with Gasteiger partial charge in [-0.15, -0.1) is 0 Å². The van der Waals surface area contributed by atoms with Gasteiger partial charge in [0, 0.05) is 18.3 Å². The largest absolute Gasteiger partial charge is 0.396 e. The lowest BCUT2D eigenvalue weighted by Gasteiger charge is -2.22. The minimum absolute atomic E-state index is 0.312. The van der Waals surface area contributed by atoms with E-state index in [1.807, 2.05) is 6.20 Å². The second-order valence-electron chi connectivity index (χ2n) is 4.45. The number of nitrogens with zero attached hydrogens (tertiary/aromatic N) is 2. The van der Waals surface area contributed by atoms with Crippen LogP contribution in [0.25, 0.3) is 0 Å². The summed E-state index contributed by atoms with van der Waals surface area (Å²) >= 11 is 0. The molecule has 0 saturated carbocycles. The first kappa shape index (κ1) is 9.71. The molecular weight excluding hydrogens is 176 g/mol. The van der Waals surface area contributed by atoms with Gasteiger partial charge in [0.1, 0.15) is 0 Å². The molecule has 1 aromatic heterocycles. The molecule has 0 fully saturated rings. The molecule has 0 aliphatic heterocycles. The Morgan fingerprint density at radius 3 is 3.07 bits per heavy atom. The maximum atomic E-state index is 9.11. The smallest absolute Gasteiger partial charge is 0.0524 e. The van der Waals surface area contributed by atoms with Crippen molar-refractivity contribution in [1.29, 1.82) is 0 Å². The maximum Gasteiger partial charge on any atom is 0.0524 e. The SMILES string of the molecule is CC(C)n1ncc2c1CC[C@@H](CO)C2. The lowest BCUT2D eigenvalue weighted by molar-refractivity contribution is 0.212. The van der Waals surface area contributed by atoms with Gasteiger partial charge in [-0.05, 0) is 44.6 Å². The zero-order valence-corrected chi connectivity index (χ0v) is 8.90. The first-order chi connectivity index (χ1) is 6.72. The summed E-state index contributed by atoms with van der Waals surface area (Å²) in [6.45, 7) is 4.63. The molecule has 0 radical (unpaired) electrons. The average molecular weight is 194 g/mol. The lowest BCUT2D eigenvalue weighted by Crippen LogP contribution is -2.19. The van der Waals surface area contributed by atoms with E-state index in [-0.39, 0.29) is 0 Å². The van der Waals surface area contributed by atoms with Gasteiger partial charge in [0.05, 0.1) is 6.20 Å². The second kappa shape index (κ2) is 3.73. The summed E-state index contributed by atoms with van der Waals surface area (Å²) in [5.74, 6) is 0.451. The van der Waals surface area contributed by atoms with Crippen molar-refractivity contribution in [3.63, 3.8) is 0 Å². The van der Waals surface area contributed by atoms with Crippen LogP contribution in [0.15, 0.2) is 6.20 Å². The molecule has 78 valence electrons. The van der Waals surface area contributed by atoms with Gasteiger partial charge in [0.2, 0.25) is 0 Å². The molecule has 14 heavy (non-hydrogen) atoms. The highest BCUT2D eigenvalue weighted by Gasteiger charge is 2.22. The van der Waals surface area contributed by atoms with Crippen LogP contribution in [0, 0.1) is 5.92 Å². The Kier molecular flexibility index (Phi) is 2.59. The van der Waals surface area contributed by atoms with Crippen LogP contribution < -0.4 is 0 Å². The van der Waals surface area contributed by atoms with Crippen molar-refractivity contribution in [2.75, 3.05) is 6.61 Å². The molecular formula is C11H18N2O. The second-order valence-corrected chi connectivity index (χ2v) is 4.45. The molecule has 1 aromatic rings. The fraction of sp³-hybridized carbons (Fsp3) is 0.727. The Hall–Kier alpha value is -0.830. The van der Waals surface area contributed by atoms with Crippen LogP contribution in [0.5, 0.6) is 0 Å². The van der Waals surface area contributed by atoms with Crippen LogP contribution in [0.4, 0.5) is 0 Å². The molecule has 1 aliphatic carbocycles. The summed E-state index contributed by atoms with van der Waals surface area (Å²) in [7, 11) is 0. The van der Waals surface area contributed by atoms with E-state index in [2.05, 4.69) is 23.6 Å². The van der Waals surface area contributed by atoms with Crippen LogP contribution in [0.3, 0.4) is 0 Å². The highest BCUT2D eigenvalue weighted by Crippen LogP contribution is 2.26. The number of hydrogen-bond acceptors (Lipinski definition) is 2. The molecule has 1 aliphatic rings. The number of aliphatic hydroxyl groups is 1. The van der Waals surface area contributed by atoms with Crippen molar-refractivity contribution in [3.05, 3.63) is 17.5 Å². The third-order valence-electron chi connectivity index (χ3n) is 3.03. The molecule has 0 bridgehead atoms. The van der Waals surface area contributed by atoms with E-state index in [0.717, 1.165) is 19.3 Å². The number of hydrogen-bond donors (Lipinski definition) is 1. The first-order valence-electron chi connectivity index (χ1n) is 5.38. The molecule has 3 nitrogen and oxygen atoms in total. The zero-order valence-electron chi connectivity index (χ0n) is 8.90. The predicted octanol–water partition coefficient (Wildman–Crippen LogP) is 1.56. The molecule has 3 heteroatoms. The highest BCUT2D eigenvalue weighted by molar-refractivity contribution is 5.22. The predicted molar refractivity (Wildman–Crippen MR) is 55.2 cm³/mol. The van der Waals surface area contributed by atoms with E-state index in [1.54, 1.807) is 0 Å². The molecule has 0 unspecified atom stereocenters. The van der Waals surface area contributed by atoms with Crippen LogP contribution >= 0.6 is 0 Å². The molecule has 0 amide bonds. The molecule has 0 saturated heterocycles. The van der Waals surface area contributed by atoms with Crippen molar-refractivity contribution in [3.8, 4) is 0 Å². The average Bonchev–Trinajstić information content (AvgIpc) is 2.59. The summed E-state index contributed by atoms with van der Waals surface area (Å²) in [5.41, 5.74) is 2.72. The van der Waals surface area contributed by atoms with Gasteiger partial charge in [-0.1, -0.05) is 0 Å². The summed E-state index contributed by atoms with van der Waals surface area (Å²) in [4.78, 5) is 0. The Balaban J connectivity index is 2.25. The topological polar surface area (TPSA) is 38.0 Å². The molecule has 1 heterocycles. The highest BCUT2D eigenvalue weighted by atomic mass is 16.3. The standard InChI is InChI=1S/C11H18N2O/c1-8(2)13-11-4-3-9(7-14)5-10(11)6-12-13/h6,8-9,14H,3-5,7H2,1-2H3/t9-/m1/s1. The van der Waals surface area contributed by atoms with Crippen molar-refractivity contribution in [2.24, 2.45) is 5.92 Å². The minimum atomic E-state index is 0.312. The van der Waals surface area contributed by atoms with E-state index < -0.39 is 0 Å². The fourth-order valence-electron chi connectivity index (χ4n) is 2.22. The Labute approximate surface area is 84.7 Å². The molecule has 0 spiro atoms. The number of rotatable bonds is 2. The number of fused-ring (bicyclic) bond motifs is 1. The van der Waals surface area contributed by atoms with E-state index in [9.17, 15) is 0 Å². The van der Waals surface area contributed by atoms with E-state index in [0.29, 0.717) is 18.6 Å². The van der Waals surface area contributed by atoms with Gasteiger partial charge in [-0.3, -0.25) is 4.68 Å². The Morgan fingerprint density at radius 1 is 1.64 bits per heavy atom. The van der Waals surface area contributed by atoms with Crippen LogP contribution in [0.2, 0.25) is 0 Å². The van der Waals surface area contributed by atoms with Gasteiger partial charge in [-0.2, -0.15) is 5.10 Å². The van der Waals surface area contributed by atoms with Gasteiger partial charge in [0.25, 0.3) is 0 Å². The summed E-state index contributed by atoms with van der Waals surface area (Å²) in [6.07, 6.45) is 5.14. The molecule has 2 rings (SSSR count). The molecule has 0 aromatic carbocycles. The van der Waals surface area contributed by atoms with Crippen molar-refractivity contribution < 1.29 is 5.11 Å². The fourth-order valence-corrected chi connectivity index (χ4v) is 2.22. The Morgan fingerprint density at radius 2 is 2.43 bits per heavy atom. The van der Waals surface area contributed by atoms with Gasteiger partial charge < -0.3 is 5.11 Å².